The Balaban J connectivity index is 0.00000242. The molecule has 3 N–H and O–H groups in total. The number of aliphatic hydroxyl groups is 1. The molecule has 0 saturated carbocycles. The van der Waals surface area contributed by atoms with Crippen molar-refractivity contribution in [3.63, 3.8) is 0 Å². The smallest absolute Gasteiger partial charge is 0.191 e. The number of halogens is 1. The molecule has 0 aliphatic heterocycles. The first-order valence-electron chi connectivity index (χ1n) is 6.92. The van der Waals surface area contributed by atoms with Crippen molar-refractivity contribution in [2.75, 3.05) is 13.1 Å². The number of aliphatic hydroxyl groups excluding tert-OH is 1. The molecule has 22 heavy (non-hydrogen) atoms. The SMILES string of the molecule is CCNC(=NCc1ccco1)NCC(O)c1ccncc1.I. The fraction of sp³-hybridized carbons (Fsp3) is 0.333. The van der Waals surface area contributed by atoms with Crippen LogP contribution in [0.15, 0.2) is 52.3 Å². The van der Waals surface area contributed by atoms with Gasteiger partial charge in [0.15, 0.2) is 5.96 Å². The Morgan fingerprint density at radius 3 is 2.73 bits per heavy atom. The highest BCUT2D eigenvalue weighted by Gasteiger charge is 2.08. The van der Waals surface area contributed by atoms with E-state index in [0.29, 0.717) is 19.0 Å². The second-order valence-electron chi connectivity index (χ2n) is 4.45. The fourth-order valence-electron chi connectivity index (χ4n) is 1.80. The number of hydrogen-bond acceptors (Lipinski definition) is 4. The van der Waals surface area contributed by atoms with Crippen LogP contribution in [0.5, 0.6) is 0 Å². The first-order valence-corrected chi connectivity index (χ1v) is 6.92. The van der Waals surface area contributed by atoms with Crippen LogP contribution in [0.4, 0.5) is 0 Å². The van der Waals surface area contributed by atoms with Crippen molar-refractivity contribution >= 4 is 29.9 Å². The Morgan fingerprint density at radius 2 is 2.09 bits per heavy atom. The quantitative estimate of drug-likeness (QED) is 0.382. The summed E-state index contributed by atoms with van der Waals surface area (Å²) in [4.78, 5) is 8.33. The zero-order chi connectivity index (χ0) is 14.9. The molecule has 2 heterocycles. The lowest BCUT2D eigenvalue weighted by Crippen LogP contribution is -2.39. The van der Waals surface area contributed by atoms with Crippen LogP contribution in [0.3, 0.4) is 0 Å². The maximum Gasteiger partial charge on any atom is 0.191 e. The number of pyridine rings is 1. The molecule has 0 aromatic carbocycles. The summed E-state index contributed by atoms with van der Waals surface area (Å²) in [6.07, 6.45) is 4.34. The molecule has 0 spiro atoms. The molecule has 0 bridgehead atoms. The number of aliphatic imine (C=N–C) groups is 1. The van der Waals surface area contributed by atoms with Gasteiger partial charge >= 0.3 is 0 Å². The maximum absolute atomic E-state index is 10.1. The van der Waals surface area contributed by atoms with Gasteiger partial charge < -0.3 is 20.2 Å². The summed E-state index contributed by atoms with van der Waals surface area (Å²) in [7, 11) is 0. The Morgan fingerprint density at radius 1 is 1.32 bits per heavy atom. The number of nitrogens with zero attached hydrogens (tertiary/aromatic N) is 2. The molecule has 2 rings (SSSR count). The first-order chi connectivity index (χ1) is 10.3. The van der Waals surface area contributed by atoms with E-state index in [4.69, 9.17) is 4.42 Å². The number of furan rings is 1. The summed E-state index contributed by atoms with van der Waals surface area (Å²) < 4.78 is 5.24. The summed E-state index contributed by atoms with van der Waals surface area (Å²) in [6.45, 7) is 3.56. The van der Waals surface area contributed by atoms with Crippen LogP contribution >= 0.6 is 24.0 Å². The third-order valence-corrected chi connectivity index (χ3v) is 2.87. The average molecular weight is 416 g/mol. The summed E-state index contributed by atoms with van der Waals surface area (Å²) in [5.74, 6) is 1.43. The second kappa shape index (κ2) is 10.2. The summed E-state index contributed by atoms with van der Waals surface area (Å²) in [5, 5.41) is 16.3. The summed E-state index contributed by atoms with van der Waals surface area (Å²) >= 11 is 0. The van der Waals surface area contributed by atoms with Crippen LogP contribution in [0.25, 0.3) is 0 Å². The van der Waals surface area contributed by atoms with Gasteiger partial charge in [0, 0.05) is 25.5 Å². The molecule has 0 saturated heterocycles. The highest BCUT2D eigenvalue weighted by molar-refractivity contribution is 14.0. The molecule has 0 aliphatic carbocycles. The third-order valence-electron chi connectivity index (χ3n) is 2.87. The van der Waals surface area contributed by atoms with Crippen molar-refractivity contribution < 1.29 is 9.52 Å². The van der Waals surface area contributed by atoms with Crippen molar-refractivity contribution in [1.82, 2.24) is 15.6 Å². The maximum atomic E-state index is 10.1. The van der Waals surface area contributed by atoms with E-state index >= 15 is 0 Å². The van der Waals surface area contributed by atoms with Gasteiger partial charge in [0.05, 0.1) is 12.4 Å². The number of rotatable bonds is 6. The lowest BCUT2D eigenvalue weighted by Gasteiger charge is -2.15. The molecular weight excluding hydrogens is 395 g/mol. The molecular formula is C15H21IN4O2. The molecule has 2 aromatic heterocycles. The molecule has 2 aromatic rings. The van der Waals surface area contributed by atoms with Gasteiger partial charge in [-0.3, -0.25) is 4.98 Å². The highest BCUT2D eigenvalue weighted by Crippen LogP contribution is 2.09. The minimum Gasteiger partial charge on any atom is -0.467 e. The number of nitrogens with one attached hydrogen (secondary N) is 2. The summed E-state index contributed by atoms with van der Waals surface area (Å²) in [5.41, 5.74) is 0.819. The predicted octanol–water partition coefficient (Wildman–Crippen LogP) is 2.08. The van der Waals surface area contributed by atoms with Gasteiger partial charge in [-0.25, -0.2) is 4.99 Å². The largest absolute Gasteiger partial charge is 0.467 e. The van der Waals surface area contributed by atoms with E-state index in [1.54, 1.807) is 30.8 Å². The lowest BCUT2D eigenvalue weighted by molar-refractivity contribution is 0.180. The fourth-order valence-corrected chi connectivity index (χ4v) is 1.80. The topological polar surface area (TPSA) is 82.7 Å². The Labute approximate surface area is 147 Å². The number of guanidine groups is 1. The van der Waals surface area contributed by atoms with E-state index in [1.807, 2.05) is 19.1 Å². The van der Waals surface area contributed by atoms with Gasteiger partial charge in [0.2, 0.25) is 0 Å². The minimum atomic E-state index is -0.611. The van der Waals surface area contributed by atoms with E-state index in [-0.39, 0.29) is 24.0 Å². The van der Waals surface area contributed by atoms with E-state index in [0.717, 1.165) is 17.9 Å². The molecule has 6 nitrogen and oxygen atoms in total. The number of hydrogen-bond donors (Lipinski definition) is 3. The molecule has 7 heteroatoms. The average Bonchev–Trinajstić information content (AvgIpc) is 3.04. The van der Waals surface area contributed by atoms with Gasteiger partial charge in [0.25, 0.3) is 0 Å². The van der Waals surface area contributed by atoms with Crippen molar-refractivity contribution in [2.24, 2.45) is 4.99 Å². The minimum absolute atomic E-state index is 0. The van der Waals surface area contributed by atoms with Gasteiger partial charge in [-0.1, -0.05) is 0 Å². The van der Waals surface area contributed by atoms with E-state index in [1.165, 1.54) is 0 Å². The molecule has 1 atom stereocenters. The second-order valence-corrected chi connectivity index (χ2v) is 4.45. The van der Waals surface area contributed by atoms with Gasteiger partial charge in [-0.05, 0) is 36.8 Å². The lowest BCUT2D eigenvalue weighted by atomic mass is 10.1. The molecule has 1 unspecified atom stereocenters. The zero-order valence-electron chi connectivity index (χ0n) is 12.4. The Kier molecular flexibility index (Phi) is 8.53. The molecule has 0 aliphatic rings. The molecule has 0 amide bonds. The van der Waals surface area contributed by atoms with Crippen LogP contribution in [0, 0.1) is 0 Å². The first kappa shape index (κ1) is 18.4. The van der Waals surface area contributed by atoms with Crippen LogP contribution < -0.4 is 10.6 Å². The Bertz CT molecular complexity index is 546. The van der Waals surface area contributed by atoms with Crippen LogP contribution in [-0.4, -0.2) is 29.1 Å². The van der Waals surface area contributed by atoms with Gasteiger partial charge in [-0.15, -0.1) is 24.0 Å². The Hall–Kier alpha value is -1.61. The van der Waals surface area contributed by atoms with Crippen molar-refractivity contribution in [1.29, 1.82) is 0 Å². The van der Waals surface area contributed by atoms with Crippen molar-refractivity contribution in [3.8, 4) is 0 Å². The van der Waals surface area contributed by atoms with Gasteiger partial charge in [0.1, 0.15) is 12.3 Å². The predicted molar refractivity (Wildman–Crippen MR) is 96.1 cm³/mol. The zero-order valence-corrected chi connectivity index (χ0v) is 14.7. The molecule has 0 fully saturated rings. The highest BCUT2D eigenvalue weighted by atomic mass is 127. The van der Waals surface area contributed by atoms with Crippen molar-refractivity contribution in [2.45, 2.75) is 19.6 Å². The van der Waals surface area contributed by atoms with Gasteiger partial charge in [-0.2, -0.15) is 0 Å². The van der Waals surface area contributed by atoms with E-state index in [2.05, 4.69) is 20.6 Å². The third kappa shape index (κ3) is 6.02. The van der Waals surface area contributed by atoms with Crippen molar-refractivity contribution in [3.05, 3.63) is 54.2 Å². The normalized spacial score (nSPS) is 12.4. The number of aromatic nitrogens is 1. The molecule has 120 valence electrons. The van der Waals surface area contributed by atoms with E-state index < -0.39 is 6.10 Å². The van der Waals surface area contributed by atoms with Crippen LogP contribution in [-0.2, 0) is 6.54 Å². The monoisotopic (exact) mass is 416 g/mol. The standard InChI is InChI=1S/C15H20N4O2.HI/c1-2-17-15(18-10-13-4-3-9-21-13)19-11-14(20)12-5-7-16-8-6-12;/h3-9,14,20H,2,10-11H2,1H3,(H2,17,18,19);1H. The summed E-state index contributed by atoms with van der Waals surface area (Å²) in [6, 6.07) is 7.29. The van der Waals surface area contributed by atoms with Crippen LogP contribution in [0.1, 0.15) is 24.4 Å². The van der Waals surface area contributed by atoms with Crippen LogP contribution in [0.2, 0.25) is 0 Å². The van der Waals surface area contributed by atoms with E-state index in [9.17, 15) is 5.11 Å². The molecule has 0 radical (unpaired) electrons.